The molecule has 1 saturated carbocycles. The maximum absolute atomic E-state index is 10.9. The number of benzene rings is 1. The van der Waals surface area contributed by atoms with Gasteiger partial charge in [-0.2, -0.15) is 0 Å². The van der Waals surface area contributed by atoms with E-state index >= 15 is 0 Å². The van der Waals surface area contributed by atoms with Crippen LogP contribution in [-0.2, 0) is 6.54 Å². The lowest BCUT2D eigenvalue weighted by Gasteiger charge is -2.15. The van der Waals surface area contributed by atoms with Crippen molar-refractivity contribution in [1.82, 2.24) is 15.0 Å². The maximum atomic E-state index is 10.9. The standard InChI is InChI=1S/C22H23N3O3/c26-13-18-21(16-4-2-1-3-5-16)22(18)14-25(12-20(22)27)11-17-10-19(24-28-17)15-6-8-23-9-7-15/h1-10,18,20-21,26-27H,11-14H2/t18-,20-,21-,22-/m1/s1. The number of hydrogen-bond acceptors (Lipinski definition) is 6. The second-order valence-electron chi connectivity index (χ2n) is 7.89. The lowest BCUT2D eigenvalue weighted by molar-refractivity contribution is 0.111. The molecular formula is C22H23N3O3. The van der Waals surface area contributed by atoms with Crippen molar-refractivity contribution in [2.45, 2.75) is 18.6 Å². The Morgan fingerprint density at radius 3 is 2.68 bits per heavy atom. The predicted molar refractivity (Wildman–Crippen MR) is 103 cm³/mol. The van der Waals surface area contributed by atoms with E-state index in [4.69, 9.17) is 4.52 Å². The summed E-state index contributed by atoms with van der Waals surface area (Å²) in [6, 6.07) is 16.0. The molecule has 1 saturated heterocycles. The largest absolute Gasteiger partial charge is 0.396 e. The first-order valence-electron chi connectivity index (χ1n) is 9.64. The second-order valence-corrected chi connectivity index (χ2v) is 7.89. The Labute approximate surface area is 163 Å². The Bertz CT molecular complexity index is 946. The van der Waals surface area contributed by atoms with E-state index in [1.165, 1.54) is 5.56 Å². The number of aliphatic hydroxyl groups excluding tert-OH is 2. The number of aliphatic hydroxyl groups is 2. The highest BCUT2D eigenvalue weighted by atomic mass is 16.5. The van der Waals surface area contributed by atoms with Crippen molar-refractivity contribution in [3.8, 4) is 11.3 Å². The summed E-state index contributed by atoms with van der Waals surface area (Å²) in [7, 11) is 0. The molecule has 2 fully saturated rings. The highest BCUT2D eigenvalue weighted by molar-refractivity contribution is 5.57. The van der Waals surface area contributed by atoms with Crippen molar-refractivity contribution >= 4 is 0 Å². The van der Waals surface area contributed by atoms with E-state index in [0.29, 0.717) is 13.1 Å². The van der Waals surface area contributed by atoms with E-state index in [-0.39, 0.29) is 23.9 Å². The topological polar surface area (TPSA) is 82.6 Å². The predicted octanol–water partition coefficient (Wildman–Crippen LogP) is 2.31. The minimum absolute atomic E-state index is 0.0944. The average molecular weight is 377 g/mol. The van der Waals surface area contributed by atoms with Gasteiger partial charge in [-0.05, 0) is 29.5 Å². The zero-order valence-electron chi connectivity index (χ0n) is 15.5. The molecule has 1 spiro atoms. The summed E-state index contributed by atoms with van der Waals surface area (Å²) in [5, 5.41) is 25.0. The number of nitrogens with zero attached hydrogens (tertiary/aromatic N) is 3. The highest BCUT2D eigenvalue weighted by Crippen LogP contribution is 2.68. The third-order valence-corrected chi connectivity index (χ3v) is 6.38. The van der Waals surface area contributed by atoms with Crippen LogP contribution in [0.25, 0.3) is 11.3 Å². The van der Waals surface area contributed by atoms with E-state index in [1.807, 2.05) is 36.4 Å². The first-order valence-corrected chi connectivity index (χ1v) is 9.64. The van der Waals surface area contributed by atoms with Gasteiger partial charge in [0.25, 0.3) is 0 Å². The van der Waals surface area contributed by atoms with Gasteiger partial charge in [0.2, 0.25) is 0 Å². The summed E-state index contributed by atoms with van der Waals surface area (Å²) in [6.45, 7) is 2.00. The third-order valence-electron chi connectivity index (χ3n) is 6.38. The lowest BCUT2D eigenvalue weighted by Crippen LogP contribution is -2.23. The van der Waals surface area contributed by atoms with Gasteiger partial charge in [-0.15, -0.1) is 0 Å². The Morgan fingerprint density at radius 2 is 1.93 bits per heavy atom. The fourth-order valence-corrected chi connectivity index (χ4v) is 5.05. The lowest BCUT2D eigenvalue weighted by atomic mass is 9.95. The van der Waals surface area contributed by atoms with Crippen LogP contribution in [0.2, 0.25) is 0 Å². The molecule has 0 radical (unpaired) electrons. The normalized spacial score (nSPS) is 29.4. The molecule has 2 aromatic heterocycles. The highest BCUT2D eigenvalue weighted by Gasteiger charge is 2.70. The molecule has 0 bridgehead atoms. The first-order chi connectivity index (χ1) is 13.7. The zero-order valence-corrected chi connectivity index (χ0v) is 15.5. The van der Waals surface area contributed by atoms with Crippen LogP contribution in [0.15, 0.2) is 65.4 Å². The molecule has 1 aliphatic carbocycles. The number of hydrogen-bond donors (Lipinski definition) is 2. The van der Waals surface area contributed by atoms with Gasteiger partial charge in [-0.1, -0.05) is 35.5 Å². The van der Waals surface area contributed by atoms with Crippen molar-refractivity contribution in [3.05, 3.63) is 72.2 Å². The van der Waals surface area contributed by atoms with Crippen LogP contribution in [-0.4, -0.2) is 51.1 Å². The van der Waals surface area contributed by atoms with Gasteiger partial charge in [0.15, 0.2) is 5.76 Å². The summed E-state index contributed by atoms with van der Waals surface area (Å²) in [5.74, 6) is 1.06. The van der Waals surface area contributed by atoms with E-state index in [9.17, 15) is 10.2 Å². The van der Waals surface area contributed by atoms with E-state index in [0.717, 1.165) is 23.6 Å². The number of pyridine rings is 1. The quantitative estimate of drug-likeness (QED) is 0.710. The molecule has 1 aromatic carbocycles. The van der Waals surface area contributed by atoms with Crippen molar-refractivity contribution in [1.29, 1.82) is 0 Å². The Hall–Kier alpha value is -2.54. The van der Waals surface area contributed by atoms with Crippen LogP contribution < -0.4 is 0 Å². The van der Waals surface area contributed by atoms with Crippen molar-refractivity contribution < 1.29 is 14.7 Å². The first kappa shape index (κ1) is 17.6. The molecule has 5 rings (SSSR count). The smallest absolute Gasteiger partial charge is 0.151 e. The molecule has 6 nitrogen and oxygen atoms in total. The van der Waals surface area contributed by atoms with Gasteiger partial charge in [-0.3, -0.25) is 9.88 Å². The van der Waals surface area contributed by atoms with Crippen molar-refractivity contribution in [2.75, 3.05) is 19.7 Å². The number of rotatable bonds is 5. The van der Waals surface area contributed by atoms with Gasteiger partial charge in [0.05, 0.1) is 12.6 Å². The SMILES string of the molecule is OC[C@@H]1[C@@H](c2ccccc2)[C@]12CN(Cc1cc(-c3ccncc3)no1)C[C@H]2O. The fourth-order valence-electron chi connectivity index (χ4n) is 5.05. The number of aromatic nitrogens is 2. The average Bonchev–Trinajstić information content (AvgIpc) is 2.97. The Morgan fingerprint density at radius 1 is 1.14 bits per heavy atom. The minimum atomic E-state index is -0.461. The van der Waals surface area contributed by atoms with Crippen LogP contribution in [0.5, 0.6) is 0 Å². The molecule has 3 heterocycles. The molecule has 3 aromatic rings. The summed E-state index contributed by atoms with van der Waals surface area (Å²) in [5.41, 5.74) is 2.68. The number of β-amino-alcohol motifs (C(OH)–C–C–N with tert-alkyl or cyclic N) is 1. The van der Waals surface area contributed by atoms with Crippen LogP contribution in [0.3, 0.4) is 0 Å². The molecule has 1 aliphatic heterocycles. The van der Waals surface area contributed by atoms with E-state index < -0.39 is 6.10 Å². The molecule has 2 aliphatic rings. The molecule has 6 heteroatoms. The van der Waals surface area contributed by atoms with Crippen LogP contribution >= 0.6 is 0 Å². The minimum Gasteiger partial charge on any atom is -0.396 e. The monoisotopic (exact) mass is 377 g/mol. The molecule has 0 unspecified atom stereocenters. The summed E-state index contributed by atoms with van der Waals surface area (Å²) in [6.07, 6.45) is 3.00. The van der Waals surface area contributed by atoms with Crippen LogP contribution in [0.1, 0.15) is 17.2 Å². The summed E-state index contributed by atoms with van der Waals surface area (Å²) >= 11 is 0. The molecule has 144 valence electrons. The third kappa shape index (κ3) is 2.76. The van der Waals surface area contributed by atoms with Gasteiger partial charge >= 0.3 is 0 Å². The van der Waals surface area contributed by atoms with Gasteiger partial charge < -0.3 is 14.7 Å². The second kappa shape index (κ2) is 6.81. The van der Waals surface area contributed by atoms with Crippen molar-refractivity contribution in [2.24, 2.45) is 11.3 Å². The molecule has 4 atom stereocenters. The summed E-state index contributed by atoms with van der Waals surface area (Å²) in [4.78, 5) is 6.23. The van der Waals surface area contributed by atoms with Crippen LogP contribution in [0, 0.1) is 11.3 Å². The molecule has 2 N–H and O–H groups in total. The molecular weight excluding hydrogens is 354 g/mol. The maximum Gasteiger partial charge on any atom is 0.151 e. The fraction of sp³-hybridized carbons (Fsp3) is 0.364. The Kier molecular flexibility index (Phi) is 4.27. The molecule has 0 amide bonds. The van der Waals surface area contributed by atoms with E-state index in [2.05, 4.69) is 27.2 Å². The van der Waals surface area contributed by atoms with Gasteiger partial charge in [-0.25, -0.2) is 0 Å². The van der Waals surface area contributed by atoms with E-state index in [1.54, 1.807) is 12.4 Å². The van der Waals surface area contributed by atoms with Crippen molar-refractivity contribution in [3.63, 3.8) is 0 Å². The summed E-state index contributed by atoms with van der Waals surface area (Å²) < 4.78 is 5.53. The number of likely N-dealkylation sites (tertiary alicyclic amines) is 1. The van der Waals surface area contributed by atoms with Gasteiger partial charge in [0, 0.05) is 49.1 Å². The Balaban J connectivity index is 1.32. The molecule has 28 heavy (non-hydrogen) atoms. The van der Waals surface area contributed by atoms with Gasteiger partial charge in [0.1, 0.15) is 5.69 Å². The zero-order chi connectivity index (χ0) is 19.1. The van der Waals surface area contributed by atoms with Crippen LogP contribution in [0.4, 0.5) is 0 Å².